The van der Waals surface area contributed by atoms with E-state index in [0.29, 0.717) is 0 Å². The number of fused-ring (bicyclic) bond motifs is 1. The summed E-state index contributed by atoms with van der Waals surface area (Å²) < 4.78 is 1.99. The fraction of sp³-hybridized carbons (Fsp3) is 0.143. The molecule has 56 valence electrons. The molecule has 0 aliphatic carbocycles. The van der Waals surface area contributed by atoms with Gasteiger partial charge in [0.1, 0.15) is 9.86 Å². The van der Waals surface area contributed by atoms with E-state index in [1.807, 2.05) is 13.1 Å². The lowest BCUT2D eigenvalue weighted by Crippen LogP contribution is -1.75. The number of hydrogen-bond donors (Lipinski definition) is 1. The first-order valence-electron chi connectivity index (χ1n) is 3.17. The molecule has 0 unspecified atom stereocenters. The Morgan fingerprint density at radius 2 is 2.27 bits per heavy atom. The van der Waals surface area contributed by atoms with E-state index in [-0.39, 0.29) is 0 Å². The molecule has 11 heavy (non-hydrogen) atoms. The van der Waals surface area contributed by atoms with Crippen LogP contribution in [-0.2, 0) is 0 Å². The maximum atomic E-state index is 4.19. The smallest absolute Gasteiger partial charge is 0.148 e. The van der Waals surface area contributed by atoms with Crippen molar-refractivity contribution in [3.63, 3.8) is 0 Å². The second-order valence-electron chi connectivity index (χ2n) is 2.30. The Hall–Kier alpha value is -0.610. The normalized spacial score (nSPS) is 10.7. The zero-order chi connectivity index (χ0) is 7.84. The van der Waals surface area contributed by atoms with Gasteiger partial charge in [0.05, 0.1) is 10.9 Å². The molecule has 0 saturated carbocycles. The molecule has 0 amide bonds. The molecule has 0 atom stereocenters. The molecule has 0 bridgehead atoms. The summed E-state index contributed by atoms with van der Waals surface area (Å²) in [5.41, 5.74) is 2.11. The molecule has 0 spiro atoms. The molecular weight excluding hydrogens is 176 g/mol. The zero-order valence-electron chi connectivity index (χ0n) is 5.90. The molecule has 0 saturated heterocycles. The van der Waals surface area contributed by atoms with Gasteiger partial charge in [-0.3, -0.25) is 4.98 Å². The second-order valence-corrected chi connectivity index (χ2v) is 4.03. The van der Waals surface area contributed by atoms with E-state index in [4.69, 9.17) is 0 Å². The Balaban J connectivity index is 2.90. The number of aromatic nitrogens is 2. The van der Waals surface area contributed by atoms with Gasteiger partial charge in [-0.2, -0.15) is 0 Å². The van der Waals surface area contributed by atoms with Gasteiger partial charge in [-0.15, -0.1) is 24.0 Å². The lowest BCUT2D eigenvalue weighted by molar-refractivity contribution is 1.26. The number of hydrogen-bond acceptors (Lipinski definition) is 4. The van der Waals surface area contributed by atoms with Gasteiger partial charge in [0.2, 0.25) is 0 Å². The Morgan fingerprint density at radius 1 is 1.45 bits per heavy atom. The van der Waals surface area contributed by atoms with Gasteiger partial charge in [-0.05, 0) is 12.5 Å². The topological polar surface area (TPSA) is 25.8 Å². The van der Waals surface area contributed by atoms with Crippen molar-refractivity contribution in [1.29, 1.82) is 0 Å². The molecule has 2 rings (SSSR count). The molecule has 0 aromatic carbocycles. The third-order valence-corrected chi connectivity index (χ3v) is 2.85. The second kappa shape index (κ2) is 2.46. The molecule has 0 N–H and O–H groups in total. The van der Waals surface area contributed by atoms with E-state index >= 15 is 0 Å². The van der Waals surface area contributed by atoms with E-state index in [2.05, 4.69) is 22.6 Å². The lowest BCUT2D eigenvalue weighted by atomic mass is 10.3. The fourth-order valence-electron chi connectivity index (χ4n) is 0.969. The number of pyridine rings is 1. The molecule has 0 radical (unpaired) electrons. The van der Waals surface area contributed by atoms with Crippen molar-refractivity contribution in [1.82, 2.24) is 9.97 Å². The summed E-state index contributed by atoms with van der Waals surface area (Å²) >= 11 is 5.76. The maximum absolute atomic E-state index is 4.19. The van der Waals surface area contributed by atoms with E-state index in [0.717, 1.165) is 9.86 Å². The van der Waals surface area contributed by atoms with Gasteiger partial charge in [-0.1, -0.05) is 0 Å². The number of aryl methyl sites for hydroxylation is 1. The lowest BCUT2D eigenvalue weighted by Gasteiger charge is -1.89. The Kier molecular flexibility index (Phi) is 1.58. The molecule has 0 fully saturated rings. The summed E-state index contributed by atoms with van der Waals surface area (Å²) in [6.07, 6.45) is 3.60. The summed E-state index contributed by atoms with van der Waals surface area (Å²) in [6.45, 7) is 2.03. The summed E-state index contributed by atoms with van der Waals surface area (Å²) in [5, 5.41) is 0. The van der Waals surface area contributed by atoms with E-state index in [9.17, 15) is 0 Å². The van der Waals surface area contributed by atoms with Crippen LogP contribution in [0.3, 0.4) is 0 Å². The summed E-state index contributed by atoms with van der Waals surface area (Å²) in [7, 11) is 0. The van der Waals surface area contributed by atoms with Gasteiger partial charge in [0, 0.05) is 6.20 Å². The van der Waals surface area contributed by atoms with Crippen LogP contribution in [0.1, 0.15) is 5.56 Å². The van der Waals surface area contributed by atoms with Crippen LogP contribution in [-0.4, -0.2) is 9.97 Å². The van der Waals surface area contributed by atoms with Crippen LogP contribution in [0.2, 0.25) is 0 Å². The predicted octanol–water partition coefficient (Wildman–Crippen LogP) is 2.29. The number of thiazole rings is 1. The monoisotopic (exact) mass is 182 g/mol. The van der Waals surface area contributed by atoms with E-state index in [1.54, 1.807) is 17.5 Å². The average molecular weight is 182 g/mol. The van der Waals surface area contributed by atoms with Gasteiger partial charge in [0.25, 0.3) is 0 Å². The quantitative estimate of drug-likeness (QED) is 0.632. The van der Waals surface area contributed by atoms with E-state index < -0.39 is 0 Å². The van der Waals surface area contributed by atoms with Gasteiger partial charge >= 0.3 is 0 Å². The fourth-order valence-corrected chi connectivity index (χ4v) is 2.09. The van der Waals surface area contributed by atoms with Crippen molar-refractivity contribution >= 4 is 34.2 Å². The minimum Gasteiger partial charge on any atom is -0.262 e. The van der Waals surface area contributed by atoms with Crippen LogP contribution in [0, 0.1) is 6.92 Å². The summed E-state index contributed by atoms with van der Waals surface area (Å²) in [4.78, 5) is 8.23. The summed E-state index contributed by atoms with van der Waals surface area (Å²) in [5.74, 6) is 0. The van der Waals surface area contributed by atoms with Crippen LogP contribution >= 0.6 is 24.0 Å². The maximum Gasteiger partial charge on any atom is 0.148 e. The van der Waals surface area contributed by atoms with Gasteiger partial charge in [0.15, 0.2) is 0 Å². The molecule has 2 aromatic heterocycles. The largest absolute Gasteiger partial charge is 0.262 e. The Morgan fingerprint density at radius 3 is 3.00 bits per heavy atom. The number of rotatable bonds is 0. The highest BCUT2D eigenvalue weighted by Crippen LogP contribution is 2.25. The molecular formula is C7H6N2S2. The molecule has 0 aliphatic heterocycles. The SMILES string of the molecule is Cc1cncc2nc(S)sc12. The number of thiol groups is 1. The van der Waals surface area contributed by atoms with Gasteiger partial charge in [-0.25, -0.2) is 4.98 Å². The highest BCUT2D eigenvalue weighted by Gasteiger charge is 2.01. The highest BCUT2D eigenvalue weighted by molar-refractivity contribution is 7.82. The molecule has 2 aromatic rings. The highest BCUT2D eigenvalue weighted by atomic mass is 32.2. The van der Waals surface area contributed by atoms with Crippen molar-refractivity contribution < 1.29 is 0 Å². The first-order valence-corrected chi connectivity index (χ1v) is 4.44. The number of nitrogens with zero attached hydrogens (tertiary/aromatic N) is 2. The van der Waals surface area contributed by atoms with Crippen LogP contribution in [0.25, 0.3) is 10.2 Å². The Bertz CT molecular complexity index is 394. The third-order valence-electron chi connectivity index (χ3n) is 1.47. The predicted molar refractivity (Wildman–Crippen MR) is 49.4 cm³/mol. The summed E-state index contributed by atoms with van der Waals surface area (Å²) in [6, 6.07) is 0. The first-order chi connectivity index (χ1) is 5.27. The van der Waals surface area contributed by atoms with E-state index in [1.165, 1.54) is 10.3 Å². The first kappa shape index (κ1) is 7.06. The minimum absolute atomic E-state index is 0.802. The molecule has 2 heterocycles. The van der Waals surface area contributed by atoms with Crippen molar-refractivity contribution in [3.8, 4) is 0 Å². The van der Waals surface area contributed by atoms with Crippen LogP contribution in [0.5, 0.6) is 0 Å². The van der Waals surface area contributed by atoms with Crippen LogP contribution in [0.4, 0.5) is 0 Å². The molecule has 2 nitrogen and oxygen atoms in total. The Labute approximate surface area is 73.7 Å². The van der Waals surface area contributed by atoms with Crippen LogP contribution < -0.4 is 0 Å². The van der Waals surface area contributed by atoms with Crippen LogP contribution in [0.15, 0.2) is 16.7 Å². The van der Waals surface area contributed by atoms with Crippen molar-refractivity contribution in [2.75, 3.05) is 0 Å². The standard InChI is InChI=1S/C7H6N2S2/c1-4-2-8-3-5-6(4)11-7(10)9-5/h2-3H,1H3,(H,9,10). The van der Waals surface area contributed by atoms with Gasteiger partial charge < -0.3 is 0 Å². The molecule has 4 heteroatoms. The molecule has 0 aliphatic rings. The third kappa shape index (κ3) is 1.12. The average Bonchev–Trinajstić information content (AvgIpc) is 2.31. The van der Waals surface area contributed by atoms with Crippen molar-refractivity contribution in [2.45, 2.75) is 11.3 Å². The minimum atomic E-state index is 0.802. The van der Waals surface area contributed by atoms with Crippen molar-refractivity contribution in [2.24, 2.45) is 0 Å². The van der Waals surface area contributed by atoms with Crippen molar-refractivity contribution in [3.05, 3.63) is 18.0 Å². The zero-order valence-corrected chi connectivity index (χ0v) is 7.62.